The van der Waals surface area contributed by atoms with Gasteiger partial charge in [0.05, 0.1) is 25.6 Å². The number of ether oxygens (including phenoxy) is 2. The van der Waals surface area contributed by atoms with Crippen LogP contribution in [0.5, 0.6) is 0 Å². The van der Waals surface area contributed by atoms with Gasteiger partial charge in [-0.25, -0.2) is 9.78 Å². The molecule has 1 aromatic rings. The Hall–Kier alpha value is -1.82. The number of nitrogen functional groups attached to an aromatic ring is 1. The lowest BCUT2D eigenvalue weighted by Crippen LogP contribution is -2.15. The number of carbonyl (C=O) groups is 1. The summed E-state index contributed by atoms with van der Waals surface area (Å²) in [7, 11) is 1.32. The van der Waals surface area contributed by atoms with E-state index in [-0.39, 0.29) is 0 Å². The summed E-state index contributed by atoms with van der Waals surface area (Å²) >= 11 is 0. The number of hydrogen-bond acceptors (Lipinski definition) is 6. The lowest BCUT2D eigenvalue weighted by molar-refractivity contribution is 0.0601. The van der Waals surface area contributed by atoms with Crippen LogP contribution in [-0.4, -0.2) is 37.8 Å². The van der Waals surface area contributed by atoms with Crippen molar-refractivity contribution in [2.45, 2.75) is 19.8 Å². The molecular weight excluding hydrogens is 246 g/mol. The first kappa shape index (κ1) is 15.2. The standard InChI is InChI=1S/C13H21N3O3/c1-3-4-6-19-7-5-15-12-11(13(17)18-2)8-10(14)9-16-12/h8-9H,3-7,14H2,1-2H3,(H,15,16). The Morgan fingerprint density at radius 1 is 1.47 bits per heavy atom. The quantitative estimate of drug-likeness (QED) is 0.550. The van der Waals surface area contributed by atoms with Crippen LogP contribution >= 0.6 is 0 Å². The predicted molar refractivity (Wildman–Crippen MR) is 74.2 cm³/mol. The van der Waals surface area contributed by atoms with Gasteiger partial charge in [-0.3, -0.25) is 0 Å². The SMILES string of the molecule is CCCCOCCNc1ncc(N)cc1C(=O)OC. The van der Waals surface area contributed by atoms with E-state index < -0.39 is 5.97 Å². The Bertz CT molecular complexity index is 410. The van der Waals surface area contributed by atoms with Crippen molar-refractivity contribution in [2.75, 3.05) is 37.9 Å². The van der Waals surface area contributed by atoms with Crippen molar-refractivity contribution in [3.8, 4) is 0 Å². The topological polar surface area (TPSA) is 86.5 Å². The summed E-state index contributed by atoms with van der Waals surface area (Å²) in [6.07, 6.45) is 3.65. The van der Waals surface area contributed by atoms with Gasteiger partial charge in [-0.15, -0.1) is 0 Å². The summed E-state index contributed by atoms with van der Waals surface area (Å²) in [4.78, 5) is 15.7. The van der Waals surface area contributed by atoms with E-state index >= 15 is 0 Å². The second-order valence-electron chi connectivity index (χ2n) is 4.05. The average Bonchev–Trinajstić information content (AvgIpc) is 2.43. The number of nitrogens with two attached hydrogens (primary N) is 1. The minimum Gasteiger partial charge on any atom is -0.465 e. The molecule has 19 heavy (non-hydrogen) atoms. The van der Waals surface area contributed by atoms with Gasteiger partial charge >= 0.3 is 5.97 Å². The highest BCUT2D eigenvalue weighted by Crippen LogP contribution is 2.16. The molecule has 1 rings (SSSR count). The van der Waals surface area contributed by atoms with Crippen LogP contribution in [0.2, 0.25) is 0 Å². The first-order chi connectivity index (χ1) is 9.19. The third-order valence-corrected chi connectivity index (χ3v) is 2.50. The number of methoxy groups -OCH3 is 1. The summed E-state index contributed by atoms with van der Waals surface area (Å²) in [5.41, 5.74) is 6.36. The van der Waals surface area contributed by atoms with Crippen molar-refractivity contribution in [3.63, 3.8) is 0 Å². The first-order valence-electron chi connectivity index (χ1n) is 6.34. The fourth-order valence-corrected chi connectivity index (χ4v) is 1.48. The summed E-state index contributed by atoms with van der Waals surface area (Å²) < 4.78 is 10.1. The Morgan fingerprint density at radius 2 is 2.26 bits per heavy atom. The predicted octanol–water partition coefficient (Wildman–Crippen LogP) is 1.68. The zero-order valence-electron chi connectivity index (χ0n) is 11.4. The molecule has 1 aromatic heterocycles. The van der Waals surface area contributed by atoms with Crippen molar-refractivity contribution < 1.29 is 14.3 Å². The summed E-state index contributed by atoms with van der Waals surface area (Å²) in [6, 6.07) is 1.54. The fourth-order valence-electron chi connectivity index (χ4n) is 1.48. The number of unbranched alkanes of at least 4 members (excludes halogenated alkanes) is 1. The molecule has 0 amide bonds. The number of nitrogens with zero attached hydrogens (tertiary/aromatic N) is 1. The number of esters is 1. The number of pyridine rings is 1. The second kappa shape index (κ2) is 8.31. The summed E-state index contributed by atoms with van der Waals surface area (Å²) in [5.74, 6) is -0.00524. The zero-order chi connectivity index (χ0) is 14.1. The highest BCUT2D eigenvalue weighted by atomic mass is 16.5. The molecule has 0 unspecified atom stereocenters. The monoisotopic (exact) mass is 267 g/mol. The van der Waals surface area contributed by atoms with Gasteiger partial charge in [0.1, 0.15) is 11.4 Å². The number of aromatic nitrogens is 1. The Kier molecular flexibility index (Phi) is 6.67. The Morgan fingerprint density at radius 3 is 2.95 bits per heavy atom. The van der Waals surface area contributed by atoms with Gasteiger partial charge in [0.25, 0.3) is 0 Å². The van der Waals surface area contributed by atoms with Crippen LogP contribution in [0, 0.1) is 0 Å². The van der Waals surface area contributed by atoms with Crippen LogP contribution in [0.4, 0.5) is 11.5 Å². The third kappa shape index (κ3) is 5.13. The Labute approximate surface area is 113 Å². The molecule has 0 bridgehead atoms. The Balaban J connectivity index is 2.50. The molecule has 0 saturated heterocycles. The van der Waals surface area contributed by atoms with Gasteiger partial charge in [0.15, 0.2) is 0 Å². The van der Waals surface area contributed by atoms with E-state index in [1.165, 1.54) is 13.3 Å². The molecule has 0 radical (unpaired) electrons. The van der Waals surface area contributed by atoms with E-state index in [0.29, 0.717) is 30.2 Å². The molecule has 0 aliphatic heterocycles. The molecule has 0 aromatic carbocycles. The molecular formula is C13H21N3O3. The van der Waals surface area contributed by atoms with Crippen LogP contribution in [0.25, 0.3) is 0 Å². The minimum atomic E-state index is -0.464. The van der Waals surface area contributed by atoms with Gasteiger partial charge in [-0.2, -0.15) is 0 Å². The highest BCUT2D eigenvalue weighted by molar-refractivity contribution is 5.95. The van der Waals surface area contributed by atoms with Gasteiger partial charge in [-0.1, -0.05) is 13.3 Å². The summed E-state index contributed by atoms with van der Waals surface area (Å²) in [6.45, 7) is 4.00. The van der Waals surface area contributed by atoms with Crippen LogP contribution < -0.4 is 11.1 Å². The molecule has 0 aliphatic carbocycles. The lowest BCUT2D eigenvalue weighted by Gasteiger charge is -2.10. The third-order valence-electron chi connectivity index (χ3n) is 2.50. The number of carbonyl (C=O) groups excluding carboxylic acids is 1. The number of rotatable bonds is 8. The van der Waals surface area contributed by atoms with E-state index in [1.54, 1.807) is 6.07 Å². The second-order valence-corrected chi connectivity index (χ2v) is 4.05. The maximum atomic E-state index is 11.6. The molecule has 106 valence electrons. The largest absolute Gasteiger partial charge is 0.465 e. The smallest absolute Gasteiger partial charge is 0.341 e. The molecule has 6 heteroatoms. The normalized spacial score (nSPS) is 10.2. The van der Waals surface area contributed by atoms with Crippen LogP contribution in [-0.2, 0) is 9.47 Å². The molecule has 3 N–H and O–H groups in total. The number of anilines is 2. The van der Waals surface area contributed by atoms with E-state index in [9.17, 15) is 4.79 Å². The van der Waals surface area contributed by atoms with E-state index in [4.69, 9.17) is 10.5 Å². The van der Waals surface area contributed by atoms with Crippen molar-refractivity contribution in [1.29, 1.82) is 0 Å². The molecule has 0 saturated carbocycles. The van der Waals surface area contributed by atoms with E-state index in [1.807, 2.05) is 0 Å². The molecule has 0 fully saturated rings. The van der Waals surface area contributed by atoms with Crippen LogP contribution in [0.3, 0.4) is 0 Å². The van der Waals surface area contributed by atoms with Gasteiger partial charge in [0, 0.05) is 13.2 Å². The zero-order valence-corrected chi connectivity index (χ0v) is 11.4. The van der Waals surface area contributed by atoms with Crippen LogP contribution in [0.1, 0.15) is 30.1 Å². The minimum absolute atomic E-state index is 0.330. The van der Waals surface area contributed by atoms with Gasteiger partial charge in [0.2, 0.25) is 0 Å². The fraction of sp³-hybridized carbons (Fsp3) is 0.538. The van der Waals surface area contributed by atoms with Crippen molar-refractivity contribution in [3.05, 3.63) is 17.8 Å². The van der Waals surface area contributed by atoms with Gasteiger partial charge in [-0.05, 0) is 12.5 Å². The highest BCUT2D eigenvalue weighted by Gasteiger charge is 2.13. The molecule has 6 nitrogen and oxygen atoms in total. The lowest BCUT2D eigenvalue weighted by atomic mass is 10.2. The van der Waals surface area contributed by atoms with Crippen LogP contribution in [0.15, 0.2) is 12.3 Å². The average molecular weight is 267 g/mol. The molecule has 0 spiro atoms. The summed E-state index contributed by atoms with van der Waals surface area (Å²) in [5, 5.41) is 3.04. The van der Waals surface area contributed by atoms with Crippen molar-refractivity contribution in [2.24, 2.45) is 0 Å². The number of nitrogens with one attached hydrogen (secondary N) is 1. The first-order valence-corrected chi connectivity index (χ1v) is 6.34. The van der Waals surface area contributed by atoms with E-state index in [0.717, 1.165) is 19.4 Å². The molecule has 0 atom stereocenters. The number of hydrogen-bond donors (Lipinski definition) is 2. The van der Waals surface area contributed by atoms with E-state index in [2.05, 4.69) is 22.0 Å². The maximum absolute atomic E-state index is 11.6. The van der Waals surface area contributed by atoms with Crippen molar-refractivity contribution in [1.82, 2.24) is 4.98 Å². The maximum Gasteiger partial charge on any atom is 0.341 e. The van der Waals surface area contributed by atoms with Crippen molar-refractivity contribution >= 4 is 17.5 Å². The molecule has 0 aliphatic rings. The molecule has 1 heterocycles. The van der Waals surface area contributed by atoms with Gasteiger partial charge < -0.3 is 20.5 Å².